The first-order valence-corrected chi connectivity index (χ1v) is 9.04. The Morgan fingerprint density at radius 3 is 2.37 bits per heavy atom. The van der Waals surface area contributed by atoms with Crippen LogP contribution in [0.4, 0.5) is 13.2 Å². The number of rotatable bonds is 6. The van der Waals surface area contributed by atoms with Crippen LogP contribution in [0.1, 0.15) is 29.5 Å². The van der Waals surface area contributed by atoms with E-state index in [1.54, 1.807) is 6.07 Å². The summed E-state index contributed by atoms with van der Waals surface area (Å²) in [4.78, 5) is 13.2. The molecule has 2 aromatic carbocycles. The lowest BCUT2D eigenvalue weighted by Gasteiger charge is -2.42. The van der Waals surface area contributed by atoms with Crippen molar-refractivity contribution in [3.8, 4) is 0 Å². The van der Waals surface area contributed by atoms with Crippen LogP contribution in [-0.2, 0) is 22.9 Å². The van der Waals surface area contributed by atoms with E-state index in [0.29, 0.717) is 31.4 Å². The van der Waals surface area contributed by atoms with Gasteiger partial charge in [-0.15, -0.1) is 0 Å². The Kier molecular flexibility index (Phi) is 5.85. The number of hydrogen-bond acceptors (Lipinski definition) is 2. The van der Waals surface area contributed by atoms with Crippen LogP contribution in [0.15, 0.2) is 54.6 Å². The van der Waals surface area contributed by atoms with Crippen molar-refractivity contribution in [1.82, 2.24) is 10.2 Å². The summed E-state index contributed by atoms with van der Waals surface area (Å²) in [5.74, 6) is 0. The summed E-state index contributed by atoms with van der Waals surface area (Å²) in [6.07, 6.45) is -2.36. The van der Waals surface area contributed by atoms with E-state index in [-0.39, 0.29) is 0 Å². The number of carbonyl (C=O) groups is 1. The molecule has 6 heteroatoms. The topological polar surface area (TPSA) is 32.3 Å². The average molecular weight is 376 g/mol. The van der Waals surface area contributed by atoms with Crippen LogP contribution in [0, 0.1) is 0 Å². The van der Waals surface area contributed by atoms with Gasteiger partial charge in [-0.25, -0.2) is 0 Å². The maximum Gasteiger partial charge on any atom is 0.416 e. The number of likely N-dealkylation sites (tertiary alicyclic amines) is 1. The molecule has 0 spiro atoms. The molecule has 27 heavy (non-hydrogen) atoms. The maximum atomic E-state index is 13.1. The van der Waals surface area contributed by atoms with Crippen molar-refractivity contribution in [2.45, 2.75) is 31.0 Å². The second-order valence-electron chi connectivity index (χ2n) is 7.12. The number of carbonyl (C=O) groups excluding carboxylic acids is 1. The second-order valence-corrected chi connectivity index (χ2v) is 7.12. The lowest BCUT2D eigenvalue weighted by Crippen LogP contribution is -2.47. The number of alkyl halides is 3. The average Bonchev–Trinajstić information content (AvgIpc) is 2.68. The van der Waals surface area contributed by atoms with Crippen LogP contribution in [0.3, 0.4) is 0 Å². The van der Waals surface area contributed by atoms with Crippen LogP contribution in [0.25, 0.3) is 0 Å². The normalized spacial score (nSPS) is 17.4. The smallest absolute Gasteiger partial charge is 0.358 e. The molecule has 0 saturated carbocycles. The highest BCUT2D eigenvalue weighted by Crippen LogP contribution is 2.38. The molecule has 0 bridgehead atoms. The van der Waals surface area contributed by atoms with E-state index in [2.05, 4.69) is 22.3 Å². The molecular weight excluding hydrogens is 353 g/mol. The van der Waals surface area contributed by atoms with Crippen molar-refractivity contribution in [2.24, 2.45) is 0 Å². The van der Waals surface area contributed by atoms with Gasteiger partial charge in [0.15, 0.2) is 0 Å². The quantitative estimate of drug-likeness (QED) is 0.774. The molecule has 3 rings (SSSR count). The van der Waals surface area contributed by atoms with Gasteiger partial charge >= 0.3 is 6.18 Å². The van der Waals surface area contributed by atoms with E-state index in [1.807, 2.05) is 18.2 Å². The molecule has 1 saturated heterocycles. The molecule has 1 heterocycles. The molecule has 1 amide bonds. The Morgan fingerprint density at radius 1 is 1.04 bits per heavy atom. The largest absolute Gasteiger partial charge is 0.416 e. The molecule has 1 N–H and O–H groups in total. The summed E-state index contributed by atoms with van der Waals surface area (Å²) >= 11 is 0. The minimum Gasteiger partial charge on any atom is -0.358 e. The van der Waals surface area contributed by atoms with Gasteiger partial charge in [0.05, 0.1) is 5.56 Å². The van der Waals surface area contributed by atoms with E-state index < -0.39 is 17.2 Å². The van der Waals surface area contributed by atoms with Gasteiger partial charge in [-0.2, -0.15) is 13.2 Å². The summed E-state index contributed by atoms with van der Waals surface area (Å²) in [5.41, 5.74) is 0.744. The van der Waals surface area contributed by atoms with Gasteiger partial charge < -0.3 is 5.32 Å². The van der Waals surface area contributed by atoms with E-state index in [1.165, 1.54) is 17.7 Å². The molecule has 2 aromatic rings. The molecule has 0 aromatic heterocycles. The monoisotopic (exact) mass is 376 g/mol. The predicted octanol–water partition coefficient (Wildman–Crippen LogP) is 3.99. The number of halogens is 3. The molecule has 1 fully saturated rings. The van der Waals surface area contributed by atoms with Crippen molar-refractivity contribution >= 4 is 6.41 Å². The second kappa shape index (κ2) is 8.13. The van der Waals surface area contributed by atoms with Gasteiger partial charge in [0.25, 0.3) is 0 Å². The molecular formula is C21H23F3N2O. The molecule has 0 atom stereocenters. The number of piperidine rings is 1. The predicted molar refractivity (Wildman–Crippen MR) is 98.1 cm³/mol. The van der Waals surface area contributed by atoms with Crippen LogP contribution in [0.5, 0.6) is 0 Å². The van der Waals surface area contributed by atoms with Crippen molar-refractivity contribution in [2.75, 3.05) is 19.6 Å². The number of hydrogen-bond donors (Lipinski definition) is 1. The van der Waals surface area contributed by atoms with Gasteiger partial charge in [-0.1, -0.05) is 48.5 Å². The number of amides is 1. The van der Waals surface area contributed by atoms with Gasteiger partial charge in [0.1, 0.15) is 0 Å². The zero-order chi connectivity index (χ0) is 19.3. The lowest BCUT2D eigenvalue weighted by molar-refractivity contribution is -0.137. The van der Waals surface area contributed by atoms with E-state index >= 15 is 0 Å². The maximum absolute atomic E-state index is 13.1. The molecule has 1 aliphatic heterocycles. The Bertz CT molecular complexity index is 754. The highest BCUT2D eigenvalue weighted by Gasteiger charge is 2.38. The third kappa shape index (κ3) is 4.69. The summed E-state index contributed by atoms with van der Waals surface area (Å²) in [5, 5.41) is 2.70. The molecule has 0 aliphatic carbocycles. The number of nitrogens with one attached hydrogen (secondary N) is 1. The third-order valence-corrected chi connectivity index (χ3v) is 5.39. The van der Waals surface area contributed by atoms with Gasteiger partial charge in [-0.05, 0) is 43.1 Å². The first-order valence-electron chi connectivity index (χ1n) is 9.04. The minimum atomic E-state index is -4.37. The van der Waals surface area contributed by atoms with E-state index in [0.717, 1.165) is 25.7 Å². The first-order chi connectivity index (χ1) is 12.9. The Balaban J connectivity index is 1.78. The number of benzene rings is 2. The van der Waals surface area contributed by atoms with Crippen LogP contribution >= 0.6 is 0 Å². The standard InChI is InChI=1S/C21H23F3N2O/c22-21(23,24)19-8-4-7-18(13-19)20(15-25-16-27)9-11-26(12-10-20)14-17-5-2-1-3-6-17/h1-8,13,16H,9-12,14-15H2,(H,25,27). The summed E-state index contributed by atoms with van der Waals surface area (Å²) in [7, 11) is 0. The highest BCUT2D eigenvalue weighted by molar-refractivity contribution is 5.47. The minimum absolute atomic E-state index is 0.344. The summed E-state index contributed by atoms with van der Waals surface area (Å²) in [6, 6.07) is 15.6. The van der Waals surface area contributed by atoms with Crippen molar-refractivity contribution in [3.05, 3.63) is 71.3 Å². The number of nitrogens with zero attached hydrogens (tertiary/aromatic N) is 1. The van der Waals surface area contributed by atoms with E-state index in [9.17, 15) is 18.0 Å². The lowest BCUT2D eigenvalue weighted by atomic mass is 9.72. The Labute approximate surface area is 157 Å². The molecule has 1 aliphatic rings. The third-order valence-electron chi connectivity index (χ3n) is 5.39. The van der Waals surface area contributed by atoms with Gasteiger partial charge in [0, 0.05) is 18.5 Å². The summed E-state index contributed by atoms with van der Waals surface area (Å²) in [6.45, 7) is 2.70. The fourth-order valence-electron chi connectivity index (χ4n) is 3.81. The fourth-order valence-corrected chi connectivity index (χ4v) is 3.81. The first kappa shape index (κ1) is 19.4. The van der Waals surface area contributed by atoms with Crippen molar-refractivity contribution in [3.63, 3.8) is 0 Å². The molecule has 0 radical (unpaired) electrons. The summed E-state index contributed by atoms with van der Waals surface area (Å²) < 4.78 is 39.4. The zero-order valence-electron chi connectivity index (χ0n) is 15.0. The van der Waals surface area contributed by atoms with Gasteiger partial charge in [-0.3, -0.25) is 9.69 Å². The molecule has 0 unspecified atom stereocenters. The van der Waals surface area contributed by atoms with Crippen LogP contribution in [-0.4, -0.2) is 30.9 Å². The zero-order valence-corrected chi connectivity index (χ0v) is 15.0. The van der Waals surface area contributed by atoms with Crippen LogP contribution in [0.2, 0.25) is 0 Å². The van der Waals surface area contributed by atoms with Crippen LogP contribution < -0.4 is 5.32 Å². The van der Waals surface area contributed by atoms with E-state index in [4.69, 9.17) is 0 Å². The Hall–Kier alpha value is -2.34. The SMILES string of the molecule is O=CNCC1(c2cccc(C(F)(F)F)c2)CCN(Cc2ccccc2)CC1. The molecule has 144 valence electrons. The Morgan fingerprint density at radius 2 is 1.74 bits per heavy atom. The highest BCUT2D eigenvalue weighted by atomic mass is 19.4. The fraction of sp³-hybridized carbons (Fsp3) is 0.381. The van der Waals surface area contributed by atoms with Gasteiger partial charge in [0.2, 0.25) is 6.41 Å². The molecule has 3 nitrogen and oxygen atoms in total. The van der Waals surface area contributed by atoms with Crippen molar-refractivity contribution < 1.29 is 18.0 Å². The van der Waals surface area contributed by atoms with Crippen molar-refractivity contribution in [1.29, 1.82) is 0 Å².